The molecule has 8 heteroatoms. The van der Waals surface area contributed by atoms with Gasteiger partial charge in [0, 0.05) is 5.69 Å². The van der Waals surface area contributed by atoms with E-state index in [0.29, 0.717) is 24.6 Å². The lowest BCUT2D eigenvalue weighted by Gasteiger charge is -2.23. The highest BCUT2D eigenvalue weighted by Crippen LogP contribution is 2.20. The molecule has 0 aliphatic carbocycles. The number of anilines is 1. The average Bonchev–Trinajstić information content (AvgIpc) is 3.09. The zero-order valence-corrected chi connectivity index (χ0v) is 15.2. The first-order valence-electron chi connectivity index (χ1n) is 8.50. The van der Waals surface area contributed by atoms with E-state index in [1.165, 1.54) is 0 Å². The molecule has 1 aromatic heterocycles. The lowest BCUT2D eigenvalue weighted by molar-refractivity contribution is -0.127. The molecule has 0 fully saturated rings. The quantitative estimate of drug-likeness (QED) is 0.666. The first-order chi connectivity index (χ1) is 13.0. The number of nitrogens with zero attached hydrogens (tertiary/aromatic N) is 3. The van der Waals surface area contributed by atoms with Crippen LogP contribution in [0.25, 0.3) is 5.69 Å². The fourth-order valence-electron chi connectivity index (χ4n) is 2.42. The summed E-state index contributed by atoms with van der Waals surface area (Å²) < 4.78 is 6.84. The van der Waals surface area contributed by atoms with Crippen LogP contribution in [0.5, 0.6) is 0 Å². The highest BCUT2D eigenvalue weighted by atomic mass is 16.5. The Morgan fingerprint density at radius 2 is 1.85 bits per heavy atom. The van der Waals surface area contributed by atoms with Gasteiger partial charge in [-0.3, -0.25) is 4.79 Å². The summed E-state index contributed by atoms with van der Waals surface area (Å²) in [6.45, 7) is 4.41. The van der Waals surface area contributed by atoms with Crippen molar-refractivity contribution in [1.82, 2.24) is 20.2 Å². The van der Waals surface area contributed by atoms with Gasteiger partial charge >= 0.3 is 5.69 Å². The summed E-state index contributed by atoms with van der Waals surface area (Å²) in [5.41, 5.74) is 1.11. The highest BCUT2D eigenvalue weighted by molar-refractivity contribution is 5.94. The van der Waals surface area contributed by atoms with Gasteiger partial charge in [0.05, 0.1) is 24.3 Å². The van der Waals surface area contributed by atoms with E-state index < -0.39 is 11.1 Å². The number of carbonyl (C=O) groups excluding carboxylic acids is 1. The largest absolute Gasteiger partial charge is 0.376 e. The number of benzene rings is 2. The molecule has 3 rings (SSSR count). The molecule has 0 aliphatic rings. The minimum atomic E-state index is -0.698. The van der Waals surface area contributed by atoms with Crippen LogP contribution in [0, 0.1) is 5.41 Å². The van der Waals surface area contributed by atoms with Crippen LogP contribution in [0.4, 0.5) is 5.69 Å². The van der Waals surface area contributed by atoms with E-state index in [9.17, 15) is 9.59 Å². The molecule has 0 radical (unpaired) electrons. The van der Waals surface area contributed by atoms with Crippen LogP contribution in [0.1, 0.15) is 19.4 Å². The number of aromatic nitrogens is 4. The fourth-order valence-corrected chi connectivity index (χ4v) is 2.42. The number of ether oxygens (including phenoxy) is 1. The zero-order chi connectivity index (χ0) is 19.3. The highest BCUT2D eigenvalue weighted by Gasteiger charge is 2.28. The molecule has 2 N–H and O–H groups in total. The summed E-state index contributed by atoms with van der Waals surface area (Å²) >= 11 is 0. The van der Waals surface area contributed by atoms with Gasteiger partial charge in [0.25, 0.3) is 0 Å². The predicted octanol–water partition coefficient (Wildman–Crippen LogP) is 2.14. The van der Waals surface area contributed by atoms with Crippen LogP contribution in [-0.2, 0) is 16.1 Å². The van der Waals surface area contributed by atoms with Gasteiger partial charge in [-0.25, -0.2) is 9.89 Å². The number of aromatic amines is 1. The molecule has 0 bridgehead atoms. The maximum Gasteiger partial charge on any atom is 0.365 e. The molecule has 0 unspecified atom stereocenters. The summed E-state index contributed by atoms with van der Waals surface area (Å²) in [5.74, 6) is -0.151. The predicted molar refractivity (Wildman–Crippen MR) is 100 cm³/mol. The third-order valence-corrected chi connectivity index (χ3v) is 4.03. The maximum atomic E-state index is 12.6. The van der Waals surface area contributed by atoms with E-state index >= 15 is 0 Å². The van der Waals surface area contributed by atoms with Gasteiger partial charge in [0.2, 0.25) is 5.91 Å². The number of hydrogen-bond acceptors (Lipinski definition) is 5. The zero-order valence-electron chi connectivity index (χ0n) is 15.2. The number of hydrogen-bond donors (Lipinski definition) is 2. The van der Waals surface area contributed by atoms with E-state index in [1.54, 1.807) is 24.3 Å². The number of rotatable bonds is 7. The first-order valence-corrected chi connectivity index (χ1v) is 8.50. The molecule has 0 saturated carbocycles. The molecule has 2 aromatic carbocycles. The van der Waals surface area contributed by atoms with Crippen molar-refractivity contribution < 1.29 is 9.53 Å². The van der Waals surface area contributed by atoms with E-state index in [2.05, 4.69) is 20.8 Å². The Morgan fingerprint density at radius 3 is 2.48 bits per heavy atom. The van der Waals surface area contributed by atoms with Crippen LogP contribution < -0.4 is 11.0 Å². The van der Waals surface area contributed by atoms with Crippen molar-refractivity contribution in [2.75, 3.05) is 11.9 Å². The van der Waals surface area contributed by atoms with E-state index in [-0.39, 0.29) is 5.91 Å². The summed E-state index contributed by atoms with van der Waals surface area (Å²) in [6, 6.07) is 16.6. The Kier molecular flexibility index (Phi) is 5.46. The third-order valence-electron chi connectivity index (χ3n) is 4.03. The Bertz CT molecular complexity index is 945. The summed E-state index contributed by atoms with van der Waals surface area (Å²) in [6.07, 6.45) is 0. The van der Waals surface area contributed by atoms with Gasteiger partial charge in [0.15, 0.2) is 0 Å². The number of H-pyrrole nitrogens is 1. The molecule has 27 heavy (non-hydrogen) atoms. The molecule has 140 valence electrons. The second-order valence-electron chi connectivity index (χ2n) is 6.78. The van der Waals surface area contributed by atoms with Gasteiger partial charge < -0.3 is 10.1 Å². The third kappa shape index (κ3) is 4.68. The summed E-state index contributed by atoms with van der Waals surface area (Å²) in [4.78, 5) is 24.1. The SMILES string of the molecule is CC(C)(COCc1ccccc1)C(=O)Nc1ccc(-n2nn[nH]c2=O)cc1. The van der Waals surface area contributed by atoms with Crippen molar-refractivity contribution in [1.29, 1.82) is 0 Å². The van der Waals surface area contributed by atoms with Crippen molar-refractivity contribution in [3.63, 3.8) is 0 Å². The van der Waals surface area contributed by atoms with Gasteiger partial charge in [-0.15, -0.1) is 0 Å². The van der Waals surface area contributed by atoms with E-state index in [4.69, 9.17) is 4.74 Å². The lowest BCUT2D eigenvalue weighted by atomic mass is 9.93. The van der Waals surface area contributed by atoms with Crippen molar-refractivity contribution in [3.8, 4) is 5.69 Å². The molecule has 8 nitrogen and oxygen atoms in total. The van der Waals surface area contributed by atoms with Gasteiger partial charge in [-0.2, -0.15) is 4.68 Å². The van der Waals surface area contributed by atoms with Gasteiger partial charge in [-0.05, 0) is 54.1 Å². The standard InChI is InChI=1S/C19H21N5O3/c1-19(2,13-27-12-14-6-4-3-5-7-14)17(25)20-15-8-10-16(11-9-15)24-18(26)21-22-23-24/h3-11H,12-13H2,1-2H3,(H,20,25)(H,21,23,26). The second kappa shape index (κ2) is 7.96. The van der Waals surface area contributed by atoms with Gasteiger partial charge in [0.1, 0.15) is 0 Å². The van der Waals surface area contributed by atoms with Crippen LogP contribution in [0.3, 0.4) is 0 Å². The molecule has 0 spiro atoms. The fraction of sp³-hybridized carbons (Fsp3) is 0.263. The van der Waals surface area contributed by atoms with Crippen molar-refractivity contribution in [2.24, 2.45) is 5.41 Å². The van der Waals surface area contributed by atoms with Crippen molar-refractivity contribution >= 4 is 11.6 Å². The van der Waals surface area contributed by atoms with Crippen LogP contribution in [0.15, 0.2) is 59.4 Å². The van der Waals surface area contributed by atoms with Crippen molar-refractivity contribution in [3.05, 3.63) is 70.6 Å². The smallest absolute Gasteiger partial charge is 0.365 e. The number of tetrazole rings is 1. The second-order valence-corrected chi connectivity index (χ2v) is 6.78. The van der Waals surface area contributed by atoms with Crippen molar-refractivity contribution in [2.45, 2.75) is 20.5 Å². The first kappa shape index (κ1) is 18.5. The molecule has 0 aliphatic heterocycles. The topological polar surface area (TPSA) is 102 Å². The summed E-state index contributed by atoms with van der Waals surface area (Å²) in [7, 11) is 0. The monoisotopic (exact) mass is 367 g/mol. The Hall–Kier alpha value is -3.26. The van der Waals surface area contributed by atoms with Crippen LogP contribution in [0.2, 0.25) is 0 Å². The maximum absolute atomic E-state index is 12.6. The molecule has 0 saturated heterocycles. The molecular formula is C19H21N5O3. The minimum Gasteiger partial charge on any atom is -0.376 e. The van der Waals surface area contributed by atoms with Crippen LogP contribution >= 0.6 is 0 Å². The number of amides is 1. The Labute approximate surface area is 156 Å². The molecule has 3 aromatic rings. The normalized spacial score (nSPS) is 11.3. The lowest BCUT2D eigenvalue weighted by Crippen LogP contribution is -2.35. The van der Waals surface area contributed by atoms with Crippen LogP contribution in [-0.4, -0.2) is 32.7 Å². The molecule has 1 heterocycles. The minimum absolute atomic E-state index is 0.151. The van der Waals surface area contributed by atoms with E-state index in [1.807, 2.05) is 44.2 Å². The number of carbonyl (C=O) groups is 1. The Balaban J connectivity index is 1.57. The Morgan fingerprint density at radius 1 is 1.15 bits per heavy atom. The summed E-state index contributed by atoms with van der Waals surface area (Å²) in [5, 5.41) is 12.2. The molecule has 0 atom stereocenters. The number of nitrogens with one attached hydrogen (secondary N) is 2. The molecular weight excluding hydrogens is 346 g/mol. The average molecular weight is 367 g/mol. The van der Waals surface area contributed by atoms with Gasteiger partial charge in [-0.1, -0.05) is 30.3 Å². The van der Waals surface area contributed by atoms with E-state index in [0.717, 1.165) is 10.2 Å². The molecule has 1 amide bonds.